The van der Waals surface area contributed by atoms with E-state index in [2.05, 4.69) is 6.58 Å². The number of carboxylic acids is 3. The molecule has 0 fully saturated rings. The van der Waals surface area contributed by atoms with Crippen molar-refractivity contribution >= 4 is 23.7 Å². The van der Waals surface area contributed by atoms with E-state index in [9.17, 15) is 34.5 Å². The fraction of sp³-hybridized carbons (Fsp3) is 0.333. The monoisotopic (exact) mass is 324 g/mol. The van der Waals surface area contributed by atoms with Gasteiger partial charge in [0.2, 0.25) is 0 Å². The smallest absolute Gasteiger partial charge is 0.335 e. The van der Waals surface area contributed by atoms with Crippen molar-refractivity contribution in [2.45, 2.75) is 13.3 Å². The van der Waals surface area contributed by atoms with Gasteiger partial charge in [-0.15, -0.1) is 0 Å². The highest BCUT2D eigenvalue weighted by Crippen LogP contribution is 2.46. The van der Waals surface area contributed by atoms with Crippen molar-refractivity contribution in [2.24, 2.45) is 11.3 Å². The molecule has 0 amide bonds. The predicted octanol–water partition coefficient (Wildman–Crippen LogP) is 0.237. The molecule has 0 aromatic carbocycles. The van der Waals surface area contributed by atoms with Crippen molar-refractivity contribution in [3.63, 3.8) is 0 Å². The minimum absolute atomic E-state index is 0.228. The topological polar surface area (TPSA) is 149 Å². The lowest BCUT2D eigenvalue weighted by Gasteiger charge is -2.37. The Morgan fingerprint density at radius 1 is 1.22 bits per heavy atom. The van der Waals surface area contributed by atoms with Crippen LogP contribution in [0.5, 0.6) is 0 Å². The van der Waals surface area contributed by atoms with Crippen LogP contribution in [-0.4, -0.2) is 50.7 Å². The van der Waals surface area contributed by atoms with E-state index in [0.717, 1.165) is 12.2 Å². The lowest BCUT2D eigenvalue weighted by Crippen LogP contribution is -2.52. The Morgan fingerprint density at radius 2 is 1.78 bits per heavy atom. The third-order valence-electron chi connectivity index (χ3n) is 3.66. The molecule has 0 aromatic heterocycles. The Labute approximate surface area is 131 Å². The molecule has 23 heavy (non-hydrogen) atoms. The van der Waals surface area contributed by atoms with Crippen LogP contribution in [0, 0.1) is 11.3 Å². The molecule has 0 spiro atoms. The van der Waals surface area contributed by atoms with E-state index in [1.165, 1.54) is 6.92 Å². The molecule has 8 nitrogen and oxygen atoms in total. The molecular weight excluding hydrogens is 308 g/mol. The molecule has 0 bridgehead atoms. The van der Waals surface area contributed by atoms with Crippen molar-refractivity contribution in [1.82, 2.24) is 0 Å². The Kier molecular flexibility index (Phi) is 5.23. The first kappa shape index (κ1) is 18.3. The molecule has 0 saturated heterocycles. The maximum absolute atomic E-state index is 12.5. The van der Waals surface area contributed by atoms with Crippen LogP contribution in [0.15, 0.2) is 35.5 Å². The van der Waals surface area contributed by atoms with E-state index >= 15 is 0 Å². The number of hydrogen-bond acceptors (Lipinski definition) is 5. The van der Waals surface area contributed by atoms with Crippen LogP contribution >= 0.6 is 0 Å². The van der Waals surface area contributed by atoms with Crippen LogP contribution in [0.1, 0.15) is 13.3 Å². The summed E-state index contributed by atoms with van der Waals surface area (Å²) in [4.78, 5) is 47.3. The third-order valence-corrected chi connectivity index (χ3v) is 3.66. The number of aliphatic carboxylic acids is 3. The number of allylic oxidation sites excluding steroid dienone is 1. The number of rotatable bonds is 7. The largest absolute Gasteiger partial charge is 0.481 e. The summed E-state index contributed by atoms with van der Waals surface area (Å²) in [6, 6.07) is 0. The van der Waals surface area contributed by atoms with Crippen LogP contribution in [0.3, 0.4) is 0 Å². The maximum Gasteiger partial charge on any atom is 0.335 e. The Balaban J connectivity index is 3.90. The summed E-state index contributed by atoms with van der Waals surface area (Å²) >= 11 is 0. The van der Waals surface area contributed by atoms with Crippen LogP contribution < -0.4 is 0 Å². The summed E-state index contributed by atoms with van der Waals surface area (Å²) in [7, 11) is 0. The number of carbonyl (C=O) groups excluding carboxylic acids is 1. The maximum atomic E-state index is 12.5. The van der Waals surface area contributed by atoms with Gasteiger partial charge in [-0.05, 0) is 24.5 Å². The Bertz CT molecular complexity index is 654. The van der Waals surface area contributed by atoms with Crippen LogP contribution in [0.2, 0.25) is 0 Å². The third kappa shape index (κ3) is 2.80. The lowest BCUT2D eigenvalue weighted by atomic mass is 9.61. The van der Waals surface area contributed by atoms with Gasteiger partial charge in [0, 0.05) is 6.61 Å². The number of hydrogen-bond donors (Lipinski definition) is 4. The van der Waals surface area contributed by atoms with Gasteiger partial charge >= 0.3 is 17.9 Å². The first-order valence-corrected chi connectivity index (χ1v) is 6.54. The van der Waals surface area contributed by atoms with Crippen molar-refractivity contribution in [2.75, 3.05) is 6.61 Å². The normalized spacial score (nSPS) is 23.5. The number of Topliss-reactive ketones (excluding diaryl/α,β-unsaturated/α-hetero) is 1. The predicted molar refractivity (Wildman–Crippen MR) is 76.5 cm³/mol. The summed E-state index contributed by atoms with van der Waals surface area (Å²) < 4.78 is 0. The number of carboxylic acid groups (broad SMARTS) is 3. The van der Waals surface area contributed by atoms with Crippen LogP contribution in [0.25, 0.3) is 0 Å². The fourth-order valence-corrected chi connectivity index (χ4v) is 2.72. The zero-order valence-electron chi connectivity index (χ0n) is 12.3. The molecule has 4 N–H and O–H groups in total. The first-order valence-electron chi connectivity index (χ1n) is 6.54. The highest BCUT2D eigenvalue weighted by Gasteiger charge is 2.59. The quantitative estimate of drug-likeness (QED) is 0.384. The summed E-state index contributed by atoms with van der Waals surface area (Å²) in [6.07, 6.45) is 1.34. The zero-order valence-corrected chi connectivity index (χ0v) is 12.3. The van der Waals surface area contributed by atoms with Crippen LogP contribution in [-0.2, 0) is 19.2 Å². The molecule has 0 aromatic rings. The zero-order chi connectivity index (χ0) is 17.9. The molecular formula is C15H16O8. The molecule has 1 rings (SSSR count). The van der Waals surface area contributed by atoms with Gasteiger partial charge in [-0.25, -0.2) is 4.79 Å². The molecule has 0 radical (unpaired) electrons. The number of aliphatic hydroxyl groups is 1. The van der Waals surface area contributed by atoms with E-state index in [1.807, 2.05) is 0 Å². The molecule has 2 unspecified atom stereocenters. The molecule has 8 heteroatoms. The fourth-order valence-electron chi connectivity index (χ4n) is 2.72. The molecule has 0 heterocycles. The lowest BCUT2D eigenvalue weighted by molar-refractivity contribution is -0.161. The molecule has 124 valence electrons. The first-order chi connectivity index (χ1) is 10.6. The molecule has 2 atom stereocenters. The van der Waals surface area contributed by atoms with Gasteiger partial charge in [-0.3, -0.25) is 14.4 Å². The van der Waals surface area contributed by atoms with E-state index in [0.29, 0.717) is 0 Å². The van der Waals surface area contributed by atoms with Gasteiger partial charge in [0.15, 0.2) is 11.2 Å². The highest BCUT2D eigenvalue weighted by atomic mass is 16.4. The van der Waals surface area contributed by atoms with Gasteiger partial charge in [0.05, 0.1) is 5.57 Å². The van der Waals surface area contributed by atoms with Gasteiger partial charge in [0.1, 0.15) is 5.92 Å². The summed E-state index contributed by atoms with van der Waals surface area (Å²) in [6.45, 7) is 3.92. The average molecular weight is 324 g/mol. The van der Waals surface area contributed by atoms with E-state index in [4.69, 9.17) is 5.11 Å². The summed E-state index contributed by atoms with van der Waals surface area (Å²) in [5.41, 5.74) is -3.85. The van der Waals surface area contributed by atoms with Gasteiger partial charge < -0.3 is 20.4 Å². The van der Waals surface area contributed by atoms with E-state index in [1.54, 1.807) is 0 Å². The van der Waals surface area contributed by atoms with Gasteiger partial charge in [0.25, 0.3) is 0 Å². The SMILES string of the molecule is C=C(C)C(=O)C1(C(=O)O)C(CCO)=C(C(=O)O)C=CC1C(=O)O. The second-order valence-electron chi connectivity index (χ2n) is 5.07. The van der Waals surface area contributed by atoms with Crippen molar-refractivity contribution in [3.8, 4) is 0 Å². The van der Waals surface area contributed by atoms with Crippen molar-refractivity contribution in [1.29, 1.82) is 0 Å². The molecule has 1 aliphatic carbocycles. The van der Waals surface area contributed by atoms with E-state index < -0.39 is 59.2 Å². The number of ketones is 1. The molecule has 1 aliphatic rings. The molecule has 0 saturated carbocycles. The highest BCUT2D eigenvalue weighted by molar-refractivity contribution is 6.18. The standard InChI is InChI=1S/C15H16O8/c1-7(2)11(17)15(14(22)23)9(5-6-16)8(12(18)19)3-4-10(15)13(20)21/h3-4,10,16H,1,5-6H2,2H3,(H,18,19)(H,20,21)(H,22,23). The minimum atomic E-state index is -2.65. The average Bonchev–Trinajstić information content (AvgIpc) is 2.45. The Morgan fingerprint density at radius 3 is 2.13 bits per heavy atom. The van der Waals surface area contributed by atoms with E-state index in [-0.39, 0.29) is 5.57 Å². The summed E-state index contributed by atoms with van der Waals surface area (Å²) in [5, 5.41) is 37.4. The number of carbonyl (C=O) groups is 4. The van der Waals surface area contributed by atoms with Gasteiger partial charge in [-0.2, -0.15) is 0 Å². The van der Waals surface area contributed by atoms with Crippen LogP contribution in [0.4, 0.5) is 0 Å². The minimum Gasteiger partial charge on any atom is -0.481 e. The second kappa shape index (κ2) is 6.57. The molecule has 0 aliphatic heterocycles. The van der Waals surface area contributed by atoms with Crippen molar-refractivity contribution in [3.05, 3.63) is 35.5 Å². The Hall–Kier alpha value is -2.74. The summed E-state index contributed by atoms with van der Waals surface area (Å²) in [5.74, 6) is -7.84. The van der Waals surface area contributed by atoms with Crippen molar-refractivity contribution < 1.29 is 39.6 Å². The number of aliphatic hydroxyl groups excluding tert-OH is 1. The van der Waals surface area contributed by atoms with Gasteiger partial charge in [-0.1, -0.05) is 18.7 Å². The second-order valence-corrected chi connectivity index (χ2v) is 5.07.